The van der Waals surface area contributed by atoms with E-state index in [0.717, 1.165) is 32.2 Å². The number of hydrogen-bond donors (Lipinski definition) is 1. The van der Waals surface area contributed by atoms with Crippen LogP contribution >= 0.6 is 0 Å². The van der Waals surface area contributed by atoms with Gasteiger partial charge in [0.2, 0.25) is 0 Å². The van der Waals surface area contributed by atoms with Gasteiger partial charge in [-0.05, 0) is 55.8 Å². The summed E-state index contributed by atoms with van der Waals surface area (Å²) in [6.07, 6.45) is 2.42. The summed E-state index contributed by atoms with van der Waals surface area (Å²) in [7, 11) is 0. The summed E-state index contributed by atoms with van der Waals surface area (Å²) in [6.45, 7) is 8.38. The molecule has 1 fully saturated rings. The zero-order valence-corrected chi connectivity index (χ0v) is 11.0. The molecule has 0 saturated carbocycles. The zero-order chi connectivity index (χ0) is 12.1. The highest BCUT2D eigenvalue weighted by Gasteiger charge is 2.13. The van der Waals surface area contributed by atoms with Gasteiger partial charge < -0.3 is 10.1 Å². The fraction of sp³-hybridized carbons (Fsp3) is 0.600. The van der Waals surface area contributed by atoms with E-state index in [9.17, 15) is 0 Å². The molecule has 0 aliphatic carbocycles. The van der Waals surface area contributed by atoms with E-state index >= 15 is 0 Å². The highest BCUT2D eigenvalue weighted by molar-refractivity contribution is 5.32. The molecule has 0 radical (unpaired) electrons. The average molecular weight is 233 g/mol. The fourth-order valence-corrected chi connectivity index (χ4v) is 2.36. The van der Waals surface area contributed by atoms with Crippen LogP contribution in [-0.4, -0.2) is 19.8 Å². The largest absolute Gasteiger partial charge is 0.381 e. The normalized spacial score (nSPS) is 17.3. The van der Waals surface area contributed by atoms with E-state index in [1.54, 1.807) is 0 Å². The van der Waals surface area contributed by atoms with Gasteiger partial charge >= 0.3 is 0 Å². The SMILES string of the molecule is Cc1cccc(CNCC2CCOCC2)c1C. The number of benzene rings is 1. The number of rotatable bonds is 4. The summed E-state index contributed by atoms with van der Waals surface area (Å²) in [5.41, 5.74) is 4.24. The van der Waals surface area contributed by atoms with Crippen molar-refractivity contribution in [2.24, 2.45) is 5.92 Å². The van der Waals surface area contributed by atoms with Crippen molar-refractivity contribution in [1.29, 1.82) is 0 Å². The third kappa shape index (κ3) is 3.55. The van der Waals surface area contributed by atoms with E-state index in [1.807, 2.05) is 0 Å². The topological polar surface area (TPSA) is 21.3 Å². The third-order valence-corrected chi connectivity index (χ3v) is 3.81. The maximum atomic E-state index is 5.37. The number of nitrogens with one attached hydrogen (secondary N) is 1. The van der Waals surface area contributed by atoms with Crippen LogP contribution in [0.15, 0.2) is 18.2 Å². The van der Waals surface area contributed by atoms with E-state index in [-0.39, 0.29) is 0 Å². The number of hydrogen-bond acceptors (Lipinski definition) is 2. The van der Waals surface area contributed by atoms with E-state index in [1.165, 1.54) is 29.5 Å². The van der Waals surface area contributed by atoms with Gasteiger partial charge in [0.1, 0.15) is 0 Å². The zero-order valence-electron chi connectivity index (χ0n) is 11.0. The number of ether oxygens (including phenoxy) is 1. The van der Waals surface area contributed by atoms with Gasteiger partial charge in [-0.15, -0.1) is 0 Å². The lowest BCUT2D eigenvalue weighted by Gasteiger charge is -2.22. The van der Waals surface area contributed by atoms with Crippen LogP contribution in [0.25, 0.3) is 0 Å². The lowest BCUT2D eigenvalue weighted by molar-refractivity contribution is 0.0662. The second-order valence-corrected chi connectivity index (χ2v) is 5.05. The minimum atomic E-state index is 0.800. The van der Waals surface area contributed by atoms with Crippen LogP contribution < -0.4 is 5.32 Å². The molecule has 1 aliphatic heterocycles. The molecule has 1 heterocycles. The van der Waals surface area contributed by atoms with Gasteiger partial charge in [-0.3, -0.25) is 0 Å². The molecule has 2 heteroatoms. The van der Waals surface area contributed by atoms with E-state index < -0.39 is 0 Å². The molecule has 1 N–H and O–H groups in total. The molecule has 17 heavy (non-hydrogen) atoms. The Labute approximate surface area is 104 Å². The summed E-state index contributed by atoms with van der Waals surface area (Å²) >= 11 is 0. The Kier molecular flexibility index (Phi) is 4.57. The molecule has 0 bridgehead atoms. The van der Waals surface area contributed by atoms with Crippen LogP contribution in [0.1, 0.15) is 29.5 Å². The third-order valence-electron chi connectivity index (χ3n) is 3.81. The molecule has 2 rings (SSSR count). The molecule has 1 aromatic rings. The van der Waals surface area contributed by atoms with E-state index in [4.69, 9.17) is 4.74 Å². The molecule has 0 aromatic heterocycles. The highest BCUT2D eigenvalue weighted by Crippen LogP contribution is 2.15. The van der Waals surface area contributed by atoms with Crippen LogP contribution in [-0.2, 0) is 11.3 Å². The quantitative estimate of drug-likeness (QED) is 0.863. The van der Waals surface area contributed by atoms with Crippen molar-refractivity contribution in [3.05, 3.63) is 34.9 Å². The fourth-order valence-electron chi connectivity index (χ4n) is 2.36. The Morgan fingerprint density at radius 1 is 1.24 bits per heavy atom. The van der Waals surface area contributed by atoms with Crippen molar-refractivity contribution >= 4 is 0 Å². The minimum absolute atomic E-state index is 0.800. The molecule has 0 unspecified atom stereocenters. The lowest BCUT2D eigenvalue weighted by atomic mass is 10.00. The predicted octanol–water partition coefficient (Wildman–Crippen LogP) is 2.82. The molecule has 1 saturated heterocycles. The minimum Gasteiger partial charge on any atom is -0.381 e. The molecule has 0 atom stereocenters. The monoisotopic (exact) mass is 233 g/mol. The van der Waals surface area contributed by atoms with E-state index in [2.05, 4.69) is 37.4 Å². The second kappa shape index (κ2) is 6.18. The summed E-state index contributed by atoms with van der Waals surface area (Å²) in [5.74, 6) is 0.800. The Hall–Kier alpha value is -0.860. The Morgan fingerprint density at radius 2 is 2.00 bits per heavy atom. The Morgan fingerprint density at radius 3 is 2.76 bits per heavy atom. The van der Waals surface area contributed by atoms with Gasteiger partial charge in [0.25, 0.3) is 0 Å². The second-order valence-electron chi connectivity index (χ2n) is 5.05. The molecule has 94 valence electrons. The first-order valence-corrected chi connectivity index (χ1v) is 6.61. The molecule has 1 aliphatic rings. The lowest BCUT2D eigenvalue weighted by Crippen LogP contribution is -2.27. The Bertz CT molecular complexity index is 356. The summed E-state index contributed by atoms with van der Waals surface area (Å²) in [5, 5.41) is 3.58. The average Bonchev–Trinajstić information content (AvgIpc) is 2.36. The van der Waals surface area contributed by atoms with Gasteiger partial charge in [-0.25, -0.2) is 0 Å². The highest BCUT2D eigenvalue weighted by atomic mass is 16.5. The first-order chi connectivity index (χ1) is 8.27. The van der Waals surface area contributed by atoms with Crippen LogP contribution in [0.2, 0.25) is 0 Å². The van der Waals surface area contributed by atoms with Crippen LogP contribution in [0.3, 0.4) is 0 Å². The van der Waals surface area contributed by atoms with Gasteiger partial charge in [0.05, 0.1) is 0 Å². The first-order valence-electron chi connectivity index (χ1n) is 6.61. The summed E-state index contributed by atoms with van der Waals surface area (Å²) in [4.78, 5) is 0. The van der Waals surface area contributed by atoms with E-state index in [0.29, 0.717) is 0 Å². The molecule has 1 aromatic carbocycles. The molecule has 0 amide bonds. The molecular formula is C15H23NO. The van der Waals surface area contributed by atoms with Crippen molar-refractivity contribution in [1.82, 2.24) is 5.32 Å². The van der Waals surface area contributed by atoms with Crippen molar-refractivity contribution in [2.45, 2.75) is 33.2 Å². The molecule has 2 nitrogen and oxygen atoms in total. The van der Waals surface area contributed by atoms with Crippen molar-refractivity contribution in [3.63, 3.8) is 0 Å². The van der Waals surface area contributed by atoms with Crippen LogP contribution in [0.4, 0.5) is 0 Å². The van der Waals surface area contributed by atoms with Crippen molar-refractivity contribution in [3.8, 4) is 0 Å². The van der Waals surface area contributed by atoms with Gasteiger partial charge in [-0.2, -0.15) is 0 Å². The summed E-state index contributed by atoms with van der Waals surface area (Å²) in [6, 6.07) is 6.55. The summed E-state index contributed by atoms with van der Waals surface area (Å²) < 4.78 is 5.37. The molecule has 0 spiro atoms. The molecular weight excluding hydrogens is 210 g/mol. The first kappa shape index (κ1) is 12.6. The van der Waals surface area contributed by atoms with Gasteiger partial charge in [-0.1, -0.05) is 18.2 Å². The van der Waals surface area contributed by atoms with Crippen LogP contribution in [0.5, 0.6) is 0 Å². The van der Waals surface area contributed by atoms with Gasteiger partial charge in [0.15, 0.2) is 0 Å². The smallest absolute Gasteiger partial charge is 0.0469 e. The van der Waals surface area contributed by atoms with Crippen molar-refractivity contribution < 1.29 is 4.74 Å². The van der Waals surface area contributed by atoms with Gasteiger partial charge in [0, 0.05) is 19.8 Å². The van der Waals surface area contributed by atoms with Crippen molar-refractivity contribution in [2.75, 3.05) is 19.8 Å². The van der Waals surface area contributed by atoms with Crippen LogP contribution in [0, 0.1) is 19.8 Å². The standard InChI is InChI=1S/C15H23NO/c1-12-4-3-5-15(13(12)2)11-16-10-14-6-8-17-9-7-14/h3-5,14,16H,6-11H2,1-2H3. The predicted molar refractivity (Wildman–Crippen MR) is 71.2 cm³/mol. The number of aryl methyl sites for hydroxylation is 1. The maximum Gasteiger partial charge on any atom is 0.0469 e. The maximum absolute atomic E-state index is 5.37. The Balaban J connectivity index is 1.79.